The zero-order valence-corrected chi connectivity index (χ0v) is 12.7. The summed E-state index contributed by atoms with van der Waals surface area (Å²) < 4.78 is 10.7. The lowest BCUT2D eigenvalue weighted by Gasteiger charge is -2.08. The number of phenolic OH excluding ortho intramolecular Hbond substituents is 1. The van der Waals surface area contributed by atoms with E-state index < -0.39 is 0 Å². The highest BCUT2D eigenvalue weighted by molar-refractivity contribution is 7.99. The van der Waals surface area contributed by atoms with Crippen LogP contribution in [0.5, 0.6) is 17.2 Å². The molecule has 0 bridgehead atoms. The molecular formula is C17H14O4S. The molecule has 0 aliphatic carbocycles. The average Bonchev–Trinajstić information content (AvgIpc) is 3.00. The Morgan fingerprint density at radius 1 is 1.32 bits per heavy atom. The fourth-order valence-corrected chi connectivity index (χ4v) is 2.91. The normalized spacial score (nSPS) is 13.0. The Morgan fingerprint density at radius 2 is 2.09 bits per heavy atom. The number of ketones is 1. The molecule has 0 saturated heterocycles. The monoisotopic (exact) mass is 314 g/mol. The largest absolute Gasteiger partial charge is 0.508 e. The predicted molar refractivity (Wildman–Crippen MR) is 85.8 cm³/mol. The van der Waals surface area contributed by atoms with Crippen LogP contribution in [0.4, 0.5) is 0 Å². The molecule has 3 rings (SSSR count). The van der Waals surface area contributed by atoms with E-state index in [0.717, 1.165) is 16.2 Å². The Morgan fingerprint density at radius 3 is 2.82 bits per heavy atom. The van der Waals surface area contributed by atoms with E-state index in [1.54, 1.807) is 54.2 Å². The summed E-state index contributed by atoms with van der Waals surface area (Å²) in [7, 11) is 1.53. The van der Waals surface area contributed by atoms with Gasteiger partial charge in [0.15, 0.2) is 5.78 Å². The number of methoxy groups -OCH3 is 1. The molecule has 0 fully saturated rings. The van der Waals surface area contributed by atoms with Crippen molar-refractivity contribution in [2.24, 2.45) is 0 Å². The minimum atomic E-state index is -0.139. The van der Waals surface area contributed by atoms with Crippen molar-refractivity contribution in [1.29, 1.82) is 0 Å². The van der Waals surface area contributed by atoms with Crippen LogP contribution in [-0.4, -0.2) is 23.9 Å². The third kappa shape index (κ3) is 2.94. The number of ether oxygens (including phenoxy) is 2. The summed E-state index contributed by atoms with van der Waals surface area (Å²) >= 11 is 1.55. The van der Waals surface area contributed by atoms with Crippen molar-refractivity contribution in [2.75, 3.05) is 13.0 Å². The summed E-state index contributed by atoms with van der Waals surface area (Å²) in [5.41, 5.74) is 1.35. The van der Waals surface area contributed by atoms with Gasteiger partial charge in [0.25, 0.3) is 0 Å². The molecule has 2 aromatic carbocycles. The Hall–Kier alpha value is -2.40. The first-order valence-electron chi connectivity index (χ1n) is 6.66. The summed E-state index contributed by atoms with van der Waals surface area (Å²) in [5.74, 6) is 1.86. The van der Waals surface area contributed by atoms with Gasteiger partial charge in [-0.25, -0.2) is 0 Å². The topological polar surface area (TPSA) is 55.8 Å². The fourth-order valence-electron chi connectivity index (χ4n) is 2.13. The molecule has 0 atom stereocenters. The summed E-state index contributed by atoms with van der Waals surface area (Å²) in [6.07, 6.45) is 3.20. The smallest absolute Gasteiger partial charge is 0.189 e. The lowest BCUT2D eigenvalue weighted by atomic mass is 10.1. The fraction of sp³-hybridized carbons (Fsp3) is 0.118. The van der Waals surface area contributed by atoms with Crippen LogP contribution < -0.4 is 9.47 Å². The lowest BCUT2D eigenvalue weighted by molar-refractivity contribution is 0.104. The Labute approximate surface area is 132 Å². The Kier molecular flexibility index (Phi) is 4.06. The van der Waals surface area contributed by atoms with Crippen molar-refractivity contribution < 1.29 is 19.4 Å². The zero-order valence-electron chi connectivity index (χ0n) is 11.9. The maximum Gasteiger partial charge on any atom is 0.189 e. The molecule has 0 radical (unpaired) electrons. The van der Waals surface area contributed by atoms with E-state index in [9.17, 15) is 9.90 Å². The van der Waals surface area contributed by atoms with Crippen LogP contribution in [0.2, 0.25) is 0 Å². The highest BCUT2D eigenvalue weighted by Crippen LogP contribution is 2.40. The molecule has 0 unspecified atom stereocenters. The molecule has 5 heteroatoms. The first-order chi connectivity index (χ1) is 10.7. The van der Waals surface area contributed by atoms with Crippen LogP contribution in [-0.2, 0) is 0 Å². The average molecular weight is 314 g/mol. The van der Waals surface area contributed by atoms with Gasteiger partial charge in [0.2, 0.25) is 0 Å². The molecular weight excluding hydrogens is 300 g/mol. The van der Waals surface area contributed by atoms with Crippen LogP contribution in [0.1, 0.15) is 15.9 Å². The van der Waals surface area contributed by atoms with E-state index in [-0.39, 0.29) is 11.5 Å². The van der Waals surface area contributed by atoms with Crippen LogP contribution in [0.15, 0.2) is 47.4 Å². The molecule has 0 aromatic heterocycles. The summed E-state index contributed by atoms with van der Waals surface area (Å²) in [5, 5.41) is 9.25. The number of carbonyl (C=O) groups is 1. The van der Waals surface area contributed by atoms with E-state index >= 15 is 0 Å². The van der Waals surface area contributed by atoms with Crippen molar-refractivity contribution in [2.45, 2.75) is 4.90 Å². The van der Waals surface area contributed by atoms with Crippen molar-refractivity contribution >= 4 is 23.6 Å². The number of rotatable bonds is 4. The first kappa shape index (κ1) is 14.5. The minimum Gasteiger partial charge on any atom is -0.508 e. The zero-order chi connectivity index (χ0) is 15.5. The van der Waals surface area contributed by atoms with E-state index in [1.807, 2.05) is 0 Å². The lowest BCUT2D eigenvalue weighted by Crippen LogP contribution is -1.99. The minimum absolute atomic E-state index is 0.139. The summed E-state index contributed by atoms with van der Waals surface area (Å²) in [6, 6.07) is 10.2. The van der Waals surface area contributed by atoms with Gasteiger partial charge in [0.05, 0.1) is 17.6 Å². The van der Waals surface area contributed by atoms with E-state index in [2.05, 4.69) is 0 Å². The number of benzene rings is 2. The van der Waals surface area contributed by atoms with Crippen LogP contribution in [0, 0.1) is 0 Å². The van der Waals surface area contributed by atoms with Crippen LogP contribution in [0.25, 0.3) is 6.08 Å². The number of carbonyl (C=O) groups excluding carboxylic acids is 1. The number of aromatic hydroxyl groups is 1. The second-order valence-electron chi connectivity index (χ2n) is 4.69. The molecule has 112 valence electrons. The van der Waals surface area contributed by atoms with E-state index in [1.165, 1.54) is 13.2 Å². The quantitative estimate of drug-likeness (QED) is 0.688. The number of phenols is 1. The van der Waals surface area contributed by atoms with Crippen molar-refractivity contribution in [3.05, 3.63) is 53.6 Å². The van der Waals surface area contributed by atoms with Crippen molar-refractivity contribution in [1.82, 2.24) is 0 Å². The maximum absolute atomic E-state index is 12.4. The molecule has 0 spiro atoms. The number of hydrogen-bond donors (Lipinski definition) is 1. The second-order valence-corrected chi connectivity index (χ2v) is 5.66. The molecule has 4 nitrogen and oxygen atoms in total. The standard InChI is InChI=1S/C17H14O4S/c1-20-15-9-16-17(22-10-21-16)8-13(15)14(19)7-4-11-2-5-12(18)6-3-11/h2-9,18H,10H2,1H3/b7-4+. The van der Waals surface area contributed by atoms with Gasteiger partial charge in [0, 0.05) is 6.07 Å². The Balaban J connectivity index is 1.87. The molecule has 0 amide bonds. The van der Waals surface area contributed by atoms with Gasteiger partial charge in [0.1, 0.15) is 23.2 Å². The molecule has 22 heavy (non-hydrogen) atoms. The highest BCUT2D eigenvalue weighted by atomic mass is 32.2. The molecule has 1 N–H and O–H groups in total. The van der Waals surface area contributed by atoms with Gasteiger partial charge < -0.3 is 14.6 Å². The van der Waals surface area contributed by atoms with Gasteiger partial charge in [-0.3, -0.25) is 4.79 Å². The summed E-state index contributed by atoms with van der Waals surface area (Å²) in [6.45, 7) is 0. The number of thioether (sulfide) groups is 1. The second kappa shape index (κ2) is 6.15. The Bertz CT molecular complexity index is 735. The van der Waals surface area contributed by atoms with Gasteiger partial charge in [-0.2, -0.15) is 0 Å². The third-order valence-electron chi connectivity index (χ3n) is 3.28. The number of allylic oxidation sites excluding steroid dienone is 1. The summed E-state index contributed by atoms with van der Waals surface area (Å²) in [4.78, 5) is 13.3. The third-order valence-corrected chi connectivity index (χ3v) is 4.15. The number of fused-ring (bicyclic) bond motifs is 1. The molecule has 0 saturated carbocycles. The highest BCUT2D eigenvalue weighted by Gasteiger charge is 2.19. The first-order valence-corrected chi connectivity index (χ1v) is 7.65. The predicted octanol–water partition coefficient (Wildman–Crippen LogP) is 3.74. The van der Waals surface area contributed by atoms with Crippen molar-refractivity contribution in [3.63, 3.8) is 0 Å². The maximum atomic E-state index is 12.4. The molecule has 1 aliphatic heterocycles. The van der Waals surface area contributed by atoms with Crippen molar-refractivity contribution in [3.8, 4) is 17.2 Å². The molecule has 1 heterocycles. The van der Waals surface area contributed by atoms with Gasteiger partial charge >= 0.3 is 0 Å². The van der Waals surface area contributed by atoms with Gasteiger partial charge in [-0.15, -0.1) is 0 Å². The van der Waals surface area contributed by atoms with E-state index in [4.69, 9.17) is 9.47 Å². The molecule has 2 aromatic rings. The van der Waals surface area contributed by atoms with E-state index in [0.29, 0.717) is 17.3 Å². The van der Waals surface area contributed by atoms with Crippen LogP contribution in [0.3, 0.4) is 0 Å². The van der Waals surface area contributed by atoms with Gasteiger partial charge in [-0.1, -0.05) is 30.0 Å². The number of hydrogen-bond acceptors (Lipinski definition) is 5. The SMILES string of the molecule is COc1cc2c(cc1C(=O)/C=C/c1ccc(O)cc1)SCO2. The van der Waals surface area contributed by atoms with Gasteiger partial charge in [-0.05, 0) is 29.8 Å². The van der Waals surface area contributed by atoms with Crippen LogP contribution >= 0.6 is 11.8 Å². The molecule has 1 aliphatic rings.